The number of hydrogen-bond donors (Lipinski definition) is 1. The highest BCUT2D eigenvalue weighted by Gasteiger charge is 2.13. The quantitative estimate of drug-likeness (QED) is 0.700. The SMILES string of the molecule is Nc1c(F)cccc1C(=O)Cc1cncc(Br)c1. The largest absolute Gasteiger partial charge is 0.396 e. The predicted octanol–water partition coefficient (Wildman–Crippen LogP) is 2.99. The molecule has 18 heavy (non-hydrogen) atoms. The molecule has 0 bridgehead atoms. The summed E-state index contributed by atoms with van der Waals surface area (Å²) in [6.45, 7) is 0. The van der Waals surface area contributed by atoms with Crippen molar-refractivity contribution in [3.05, 3.63) is 58.1 Å². The van der Waals surface area contributed by atoms with Gasteiger partial charge < -0.3 is 5.73 Å². The van der Waals surface area contributed by atoms with E-state index in [1.54, 1.807) is 18.5 Å². The predicted molar refractivity (Wildman–Crippen MR) is 70.8 cm³/mol. The molecular formula is C13H10BrFN2O. The first-order valence-corrected chi connectivity index (χ1v) is 6.04. The zero-order valence-electron chi connectivity index (χ0n) is 9.36. The highest BCUT2D eigenvalue weighted by Crippen LogP contribution is 2.18. The van der Waals surface area contributed by atoms with Crippen LogP contribution in [-0.2, 0) is 6.42 Å². The molecule has 0 unspecified atom stereocenters. The molecule has 5 heteroatoms. The first-order chi connectivity index (χ1) is 8.58. The van der Waals surface area contributed by atoms with Crippen LogP contribution in [-0.4, -0.2) is 10.8 Å². The van der Waals surface area contributed by atoms with Crippen LogP contribution >= 0.6 is 15.9 Å². The van der Waals surface area contributed by atoms with E-state index in [0.29, 0.717) is 0 Å². The highest BCUT2D eigenvalue weighted by atomic mass is 79.9. The molecule has 2 aromatic rings. The lowest BCUT2D eigenvalue weighted by molar-refractivity contribution is 0.0993. The molecule has 92 valence electrons. The average molecular weight is 309 g/mol. The summed E-state index contributed by atoms with van der Waals surface area (Å²) < 4.78 is 14.0. The van der Waals surface area contributed by atoms with Crippen molar-refractivity contribution in [2.45, 2.75) is 6.42 Å². The summed E-state index contributed by atoms with van der Waals surface area (Å²) in [5.74, 6) is -0.805. The Hall–Kier alpha value is -1.75. The monoisotopic (exact) mass is 308 g/mol. The van der Waals surface area contributed by atoms with E-state index in [2.05, 4.69) is 20.9 Å². The summed E-state index contributed by atoms with van der Waals surface area (Å²) in [6, 6.07) is 6.01. The molecule has 0 saturated heterocycles. The molecule has 0 aliphatic carbocycles. The van der Waals surface area contributed by atoms with E-state index in [9.17, 15) is 9.18 Å². The van der Waals surface area contributed by atoms with Gasteiger partial charge in [0, 0.05) is 28.9 Å². The molecule has 0 atom stereocenters. The van der Waals surface area contributed by atoms with E-state index < -0.39 is 5.82 Å². The molecule has 1 aromatic heterocycles. The first-order valence-electron chi connectivity index (χ1n) is 5.24. The molecule has 0 fully saturated rings. The molecular weight excluding hydrogens is 299 g/mol. The van der Waals surface area contributed by atoms with Crippen molar-refractivity contribution < 1.29 is 9.18 Å². The summed E-state index contributed by atoms with van der Waals surface area (Å²) in [5, 5.41) is 0. The smallest absolute Gasteiger partial charge is 0.169 e. The van der Waals surface area contributed by atoms with E-state index in [-0.39, 0.29) is 23.5 Å². The number of aromatic nitrogens is 1. The Balaban J connectivity index is 2.25. The molecule has 1 aromatic carbocycles. The zero-order chi connectivity index (χ0) is 13.1. The van der Waals surface area contributed by atoms with Crippen LogP contribution in [0.15, 0.2) is 41.1 Å². The average Bonchev–Trinajstić information content (AvgIpc) is 2.32. The van der Waals surface area contributed by atoms with Gasteiger partial charge in [-0.1, -0.05) is 6.07 Å². The number of carbonyl (C=O) groups excluding carboxylic acids is 1. The lowest BCUT2D eigenvalue weighted by atomic mass is 10.0. The first kappa shape index (κ1) is 12.7. The maximum Gasteiger partial charge on any atom is 0.169 e. The maximum atomic E-state index is 13.2. The second-order valence-corrected chi connectivity index (χ2v) is 4.73. The van der Waals surface area contributed by atoms with Crippen LogP contribution in [0.25, 0.3) is 0 Å². The highest BCUT2D eigenvalue weighted by molar-refractivity contribution is 9.10. The summed E-state index contributed by atoms with van der Waals surface area (Å²) in [7, 11) is 0. The Morgan fingerprint density at radius 1 is 1.39 bits per heavy atom. The van der Waals surface area contributed by atoms with Gasteiger partial charge in [0.1, 0.15) is 5.82 Å². The third-order valence-electron chi connectivity index (χ3n) is 2.48. The number of nitrogens with zero attached hydrogens (tertiary/aromatic N) is 1. The van der Waals surface area contributed by atoms with E-state index in [1.807, 2.05) is 0 Å². The Morgan fingerprint density at radius 2 is 2.17 bits per heavy atom. The zero-order valence-corrected chi connectivity index (χ0v) is 10.9. The molecule has 0 radical (unpaired) electrons. The van der Waals surface area contributed by atoms with Crippen molar-refractivity contribution in [1.82, 2.24) is 4.98 Å². The van der Waals surface area contributed by atoms with Gasteiger partial charge in [-0.25, -0.2) is 4.39 Å². The summed E-state index contributed by atoms with van der Waals surface area (Å²) in [4.78, 5) is 16.0. The topological polar surface area (TPSA) is 56.0 Å². The molecule has 0 spiro atoms. The van der Waals surface area contributed by atoms with Gasteiger partial charge in [-0.05, 0) is 39.7 Å². The molecule has 0 aliphatic heterocycles. The number of para-hydroxylation sites is 1. The maximum absolute atomic E-state index is 13.2. The number of benzene rings is 1. The summed E-state index contributed by atoms with van der Waals surface area (Å²) in [6.07, 6.45) is 3.36. The number of halogens is 2. The molecule has 0 amide bonds. The van der Waals surface area contributed by atoms with Crippen LogP contribution in [0.4, 0.5) is 10.1 Å². The summed E-state index contributed by atoms with van der Waals surface area (Å²) >= 11 is 3.28. The Kier molecular flexibility index (Phi) is 3.72. The van der Waals surface area contributed by atoms with Crippen LogP contribution in [0.3, 0.4) is 0 Å². The Morgan fingerprint density at radius 3 is 2.89 bits per heavy atom. The van der Waals surface area contributed by atoms with Crippen molar-refractivity contribution in [3.63, 3.8) is 0 Å². The number of nitrogens with two attached hydrogens (primary N) is 1. The second kappa shape index (κ2) is 5.27. The fourth-order valence-electron chi connectivity index (χ4n) is 1.61. The standard InChI is InChI=1S/C13H10BrFN2O/c14-9-4-8(6-17-7-9)5-12(18)10-2-1-3-11(15)13(10)16/h1-4,6-7H,5,16H2. The minimum atomic E-state index is -0.576. The number of Topliss-reactive ketones (excluding diaryl/α,β-unsaturated/α-hetero) is 1. The number of ketones is 1. The van der Waals surface area contributed by atoms with E-state index in [1.165, 1.54) is 18.2 Å². The van der Waals surface area contributed by atoms with Gasteiger partial charge >= 0.3 is 0 Å². The van der Waals surface area contributed by atoms with Crippen LogP contribution in [0.5, 0.6) is 0 Å². The van der Waals surface area contributed by atoms with Crippen molar-refractivity contribution in [2.24, 2.45) is 0 Å². The molecule has 2 N–H and O–H groups in total. The minimum absolute atomic E-state index is 0.106. The lowest BCUT2D eigenvalue weighted by Crippen LogP contribution is -2.08. The Bertz CT molecular complexity index is 601. The molecule has 3 nitrogen and oxygen atoms in total. The van der Waals surface area contributed by atoms with Crippen LogP contribution in [0, 0.1) is 5.82 Å². The molecule has 0 aliphatic rings. The second-order valence-electron chi connectivity index (χ2n) is 3.81. The van der Waals surface area contributed by atoms with Crippen molar-refractivity contribution >= 4 is 27.4 Å². The number of pyridine rings is 1. The van der Waals surface area contributed by atoms with Gasteiger partial charge in [0.25, 0.3) is 0 Å². The normalized spacial score (nSPS) is 10.3. The third-order valence-corrected chi connectivity index (χ3v) is 2.91. The van der Waals surface area contributed by atoms with Crippen LogP contribution < -0.4 is 5.73 Å². The van der Waals surface area contributed by atoms with Gasteiger partial charge in [-0.3, -0.25) is 9.78 Å². The van der Waals surface area contributed by atoms with Crippen molar-refractivity contribution in [2.75, 3.05) is 5.73 Å². The number of carbonyl (C=O) groups is 1. The van der Waals surface area contributed by atoms with Gasteiger partial charge in [0.2, 0.25) is 0 Å². The summed E-state index contributed by atoms with van der Waals surface area (Å²) in [5.41, 5.74) is 6.39. The van der Waals surface area contributed by atoms with E-state index >= 15 is 0 Å². The van der Waals surface area contributed by atoms with Gasteiger partial charge in [0.15, 0.2) is 5.78 Å². The number of rotatable bonds is 3. The van der Waals surface area contributed by atoms with Gasteiger partial charge in [0.05, 0.1) is 5.69 Å². The number of anilines is 1. The fraction of sp³-hybridized carbons (Fsp3) is 0.0769. The van der Waals surface area contributed by atoms with E-state index in [0.717, 1.165) is 10.0 Å². The van der Waals surface area contributed by atoms with Crippen molar-refractivity contribution in [3.8, 4) is 0 Å². The Labute approximate surface area is 112 Å². The molecule has 1 heterocycles. The van der Waals surface area contributed by atoms with Crippen LogP contribution in [0.1, 0.15) is 15.9 Å². The number of nitrogen functional groups attached to an aromatic ring is 1. The van der Waals surface area contributed by atoms with Gasteiger partial charge in [-0.2, -0.15) is 0 Å². The fourth-order valence-corrected chi connectivity index (χ4v) is 2.03. The number of hydrogen-bond acceptors (Lipinski definition) is 3. The minimum Gasteiger partial charge on any atom is -0.396 e. The third kappa shape index (κ3) is 2.73. The molecule has 0 saturated carbocycles. The van der Waals surface area contributed by atoms with E-state index in [4.69, 9.17) is 5.73 Å². The van der Waals surface area contributed by atoms with Crippen LogP contribution in [0.2, 0.25) is 0 Å². The van der Waals surface area contributed by atoms with Gasteiger partial charge in [-0.15, -0.1) is 0 Å². The molecule has 2 rings (SSSR count). The van der Waals surface area contributed by atoms with Crippen molar-refractivity contribution in [1.29, 1.82) is 0 Å². The lowest BCUT2D eigenvalue weighted by Gasteiger charge is -2.05.